The molecule has 0 spiro atoms. The van der Waals surface area contributed by atoms with Crippen molar-refractivity contribution in [2.45, 2.75) is 33.8 Å². The molecule has 24 heavy (non-hydrogen) atoms. The molecule has 0 unspecified atom stereocenters. The maximum Gasteiger partial charge on any atom is 0.263 e. The van der Waals surface area contributed by atoms with E-state index in [-0.39, 0.29) is 5.17 Å². The van der Waals surface area contributed by atoms with E-state index in [9.17, 15) is 4.39 Å². The Labute approximate surface area is 147 Å². The van der Waals surface area contributed by atoms with E-state index in [2.05, 4.69) is 30.0 Å². The van der Waals surface area contributed by atoms with Gasteiger partial charge in [-0.1, -0.05) is 36.8 Å². The van der Waals surface area contributed by atoms with Gasteiger partial charge >= 0.3 is 0 Å². The number of rotatable bonds is 6. The summed E-state index contributed by atoms with van der Waals surface area (Å²) < 4.78 is 23.0. The van der Waals surface area contributed by atoms with E-state index in [1.54, 1.807) is 0 Å². The number of halogens is 1. The first-order valence-electron chi connectivity index (χ1n) is 7.85. The standard InChI is InChI=1S/C19H22FNO2S/c1-4-15-6-5-7-17(21-19(24)23-12-20)16(15)11-22-18-9-8-13(2)10-14(18)3/h5-10H,4,11-12H2,1-3H3,(H,21,24). The fourth-order valence-electron chi connectivity index (χ4n) is 2.56. The molecule has 2 aromatic rings. The zero-order chi connectivity index (χ0) is 17.5. The molecule has 0 heterocycles. The van der Waals surface area contributed by atoms with Gasteiger partial charge in [0.1, 0.15) is 12.4 Å². The Kier molecular flexibility index (Phi) is 6.55. The number of benzene rings is 2. The molecule has 0 aliphatic rings. The lowest BCUT2D eigenvalue weighted by Gasteiger charge is -2.17. The van der Waals surface area contributed by atoms with E-state index in [1.807, 2.05) is 37.3 Å². The second-order valence-corrected chi connectivity index (χ2v) is 5.89. The summed E-state index contributed by atoms with van der Waals surface area (Å²) in [5.74, 6) is 0.847. The minimum Gasteiger partial charge on any atom is -0.489 e. The third-order valence-electron chi connectivity index (χ3n) is 3.78. The quantitative estimate of drug-likeness (QED) is 0.738. The van der Waals surface area contributed by atoms with Crippen LogP contribution in [0.25, 0.3) is 0 Å². The van der Waals surface area contributed by atoms with Crippen LogP contribution in [0.3, 0.4) is 0 Å². The van der Waals surface area contributed by atoms with Gasteiger partial charge in [0.05, 0.1) is 0 Å². The minimum absolute atomic E-state index is 0.0125. The molecule has 0 saturated heterocycles. The van der Waals surface area contributed by atoms with E-state index >= 15 is 0 Å². The van der Waals surface area contributed by atoms with Gasteiger partial charge < -0.3 is 14.8 Å². The van der Waals surface area contributed by atoms with Crippen molar-refractivity contribution in [1.29, 1.82) is 0 Å². The van der Waals surface area contributed by atoms with Gasteiger partial charge in [-0.05, 0) is 55.7 Å². The van der Waals surface area contributed by atoms with Crippen LogP contribution in [0.15, 0.2) is 36.4 Å². The molecule has 0 aliphatic carbocycles. The molecular formula is C19H22FNO2S. The number of aryl methyl sites for hydroxylation is 3. The van der Waals surface area contributed by atoms with E-state index in [0.717, 1.165) is 34.5 Å². The smallest absolute Gasteiger partial charge is 0.263 e. The van der Waals surface area contributed by atoms with Crippen LogP contribution in [-0.4, -0.2) is 12.0 Å². The van der Waals surface area contributed by atoms with Crippen LogP contribution in [0, 0.1) is 13.8 Å². The summed E-state index contributed by atoms with van der Waals surface area (Å²) in [4.78, 5) is 0. The second kappa shape index (κ2) is 8.64. The highest BCUT2D eigenvalue weighted by molar-refractivity contribution is 7.80. The lowest BCUT2D eigenvalue weighted by Crippen LogP contribution is -2.15. The summed E-state index contributed by atoms with van der Waals surface area (Å²) >= 11 is 4.97. The summed E-state index contributed by atoms with van der Waals surface area (Å²) in [5, 5.41) is 2.95. The van der Waals surface area contributed by atoms with Crippen LogP contribution in [0.4, 0.5) is 10.1 Å². The number of alkyl halides is 1. The lowest BCUT2D eigenvalue weighted by atomic mass is 10.0. The predicted octanol–water partition coefficient (Wildman–Crippen LogP) is 5.09. The van der Waals surface area contributed by atoms with Gasteiger partial charge in [-0.2, -0.15) is 0 Å². The third kappa shape index (κ3) is 4.68. The van der Waals surface area contributed by atoms with Crippen molar-refractivity contribution in [3.63, 3.8) is 0 Å². The number of hydrogen-bond acceptors (Lipinski definition) is 3. The molecule has 0 aliphatic heterocycles. The summed E-state index contributed by atoms with van der Waals surface area (Å²) in [5.41, 5.74) is 5.20. The Morgan fingerprint density at radius 1 is 1.21 bits per heavy atom. The summed E-state index contributed by atoms with van der Waals surface area (Å²) in [7, 11) is 0. The largest absolute Gasteiger partial charge is 0.489 e. The van der Waals surface area contributed by atoms with Crippen LogP contribution in [-0.2, 0) is 17.8 Å². The molecule has 3 nitrogen and oxygen atoms in total. The Balaban J connectivity index is 2.22. The molecule has 0 amide bonds. The molecule has 0 aromatic heterocycles. The maximum absolute atomic E-state index is 12.3. The molecule has 0 atom stereocenters. The molecule has 0 saturated carbocycles. The zero-order valence-electron chi connectivity index (χ0n) is 14.2. The van der Waals surface area contributed by atoms with E-state index < -0.39 is 6.86 Å². The molecule has 5 heteroatoms. The van der Waals surface area contributed by atoms with Gasteiger partial charge in [0.25, 0.3) is 5.17 Å². The minimum atomic E-state index is -0.951. The van der Waals surface area contributed by atoms with Gasteiger partial charge in [-0.15, -0.1) is 0 Å². The summed E-state index contributed by atoms with van der Waals surface area (Å²) in [6, 6.07) is 11.9. The molecular weight excluding hydrogens is 325 g/mol. The van der Waals surface area contributed by atoms with Crippen molar-refractivity contribution in [2.24, 2.45) is 0 Å². The fourth-order valence-corrected chi connectivity index (χ4v) is 2.71. The first-order chi connectivity index (χ1) is 11.5. The lowest BCUT2D eigenvalue weighted by molar-refractivity contribution is 0.184. The van der Waals surface area contributed by atoms with E-state index in [0.29, 0.717) is 6.61 Å². The zero-order valence-corrected chi connectivity index (χ0v) is 15.0. The van der Waals surface area contributed by atoms with Crippen molar-refractivity contribution in [2.75, 3.05) is 12.2 Å². The van der Waals surface area contributed by atoms with Crippen LogP contribution in [0.1, 0.15) is 29.2 Å². The Hall–Kier alpha value is -2.14. The van der Waals surface area contributed by atoms with E-state index in [4.69, 9.17) is 17.0 Å². The number of hydrogen-bond donors (Lipinski definition) is 1. The van der Waals surface area contributed by atoms with Crippen LogP contribution >= 0.6 is 12.2 Å². The molecule has 2 rings (SSSR count). The van der Waals surface area contributed by atoms with Crippen molar-refractivity contribution in [1.82, 2.24) is 0 Å². The number of thiocarbonyl (C=S) groups is 1. The van der Waals surface area contributed by atoms with Gasteiger partial charge in [0, 0.05) is 11.3 Å². The molecule has 1 N–H and O–H groups in total. The molecule has 0 fully saturated rings. The Bertz CT molecular complexity index is 719. The van der Waals surface area contributed by atoms with Crippen molar-refractivity contribution in [3.05, 3.63) is 58.7 Å². The molecule has 0 bridgehead atoms. The highest BCUT2D eigenvalue weighted by Crippen LogP contribution is 2.25. The number of ether oxygens (including phenoxy) is 2. The van der Waals surface area contributed by atoms with E-state index in [1.165, 1.54) is 5.56 Å². The average Bonchev–Trinajstić information content (AvgIpc) is 2.55. The van der Waals surface area contributed by atoms with Crippen LogP contribution < -0.4 is 10.1 Å². The monoisotopic (exact) mass is 347 g/mol. The second-order valence-electron chi connectivity index (χ2n) is 5.52. The predicted molar refractivity (Wildman–Crippen MR) is 99.3 cm³/mol. The molecule has 0 radical (unpaired) electrons. The first kappa shape index (κ1) is 18.2. The van der Waals surface area contributed by atoms with Gasteiger partial charge in [0.15, 0.2) is 0 Å². The average molecular weight is 347 g/mol. The molecule has 128 valence electrons. The third-order valence-corrected chi connectivity index (χ3v) is 4.00. The molecule has 2 aromatic carbocycles. The van der Waals surface area contributed by atoms with Crippen molar-refractivity contribution >= 4 is 23.1 Å². The topological polar surface area (TPSA) is 30.5 Å². The highest BCUT2D eigenvalue weighted by Gasteiger charge is 2.11. The Morgan fingerprint density at radius 3 is 2.67 bits per heavy atom. The van der Waals surface area contributed by atoms with Gasteiger partial charge in [-0.3, -0.25) is 0 Å². The Morgan fingerprint density at radius 2 is 2.00 bits per heavy atom. The van der Waals surface area contributed by atoms with Crippen molar-refractivity contribution < 1.29 is 13.9 Å². The SMILES string of the molecule is CCc1cccc(NC(=S)OCF)c1COc1ccc(C)cc1C. The number of nitrogens with one attached hydrogen (secondary N) is 1. The summed E-state index contributed by atoms with van der Waals surface area (Å²) in [6.07, 6.45) is 0.859. The van der Waals surface area contributed by atoms with Gasteiger partial charge in [0.2, 0.25) is 6.86 Å². The summed E-state index contributed by atoms with van der Waals surface area (Å²) in [6.45, 7) is 5.60. The van der Waals surface area contributed by atoms with Crippen LogP contribution in [0.5, 0.6) is 5.75 Å². The van der Waals surface area contributed by atoms with Crippen molar-refractivity contribution in [3.8, 4) is 5.75 Å². The van der Waals surface area contributed by atoms with Gasteiger partial charge in [-0.25, -0.2) is 4.39 Å². The highest BCUT2D eigenvalue weighted by atomic mass is 32.1. The van der Waals surface area contributed by atoms with Crippen LogP contribution in [0.2, 0.25) is 0 Å². The fraction of sp³-hybridized carbons (Fsp3) is 0.316. The number of anilines is 1. The first-order valence-corrected chi connectivity index (χ1v) is 8.26. The normalized spacial score (nSPS) is 10.3. The maximum atomic E-state index is 12.3.